The molecule has 32 heavy (non-hydrogen) atoms. The van der Waals surface area contributed by atoms with Gasteiger partial charge in [-0.3, -0.25) is 9.59 Å². The Hall–Kier alpha value is -2.37. The lowest BCUT2D eigenvalue weighted by Crippen LogP contribution is -2.51. The maximum Gasteiger partial charge on any atom is 0.241 e. The Morgan fingerprint density at radius 3 is 2.53 bits per heavy atom. The summed E-state index contributed by atoms with van der Waals surface area (Å²) in [5, 5.41) is 6.50. The molecular weight excluding hydrogens is 452 g/mol. The van der Waals surface area contributed by atoms with E-state index in [0.29, 0.717) is 49.7 Å². The van der Waals surface area contributed by atoms with Crippen LogP contribution in [0.15, 0.2) is 45.8 Å². The lowest BCUT2D eigenvalue weighted by Gasteiger charge is -2.33. The van der Waals surface area contributed by atoms with Gasteiger partial charge in [-0.05, 0) is 50.3 Å². The van der Waals surface area contributed by atoms with E-state index in [0.717, 1.165) is 0 Å². The number of carbonyl (C=O) groups excluding carboxylic acids is 2. The summed E-state index contributed by atoms with van der Waals surface area (Å²) in [5.41, 5.74) is 0. The second-order valence-corrected chi connectivity index (χ2v) is 10.4. The van der Waals surface area contributed by atoms with Gasteiger partial charge in [-0.2, -0.15) is 16.5 Å². The summed E-state index contributed by atoms with van der Waals surface area (Å²) in [6, 6.07) is 8.81. The summed E-state index contributed by atoms with van der Waals surface area (Å²) in [4.78, 5) is 27.4. The Morgan fingerprint density at radius 2 is 1.94 bits per heavy atom. The number of hydrogen-bond acceptors (Lipinski definition) is 7. The van der Waals surface area contributed by atoms with E-state index < -0.39 is 16.1 Å². The molecule has 1 aliphatic rings. The fourth-order valence-corrected chi connectivity index (χ4v) is 5.28. The maximum atomic E-state index is 13.2. The number of carbonyl (C=O) groups is 2. The van der Waals surface area contributed by atoms with E-state index in [1.165, 1.54) is 12.1 Å². The summed E-state index contributed by atoms with van der Waals surface area (Å²) >= 11 is 1.55. The molecule has 0 saturated carbocycles. The van der Waals surface area contributed by atoms with Crippen molar-refractivity contribution in [1.29, 1.82) is 0 Å². The lowest BCUT2D eigenvalue weighted by atomic mass is 9.95. The third kappa shape index (κ3) is 6.33. The molecule has 1 saturated heterocycles. The first-order valence-corrected chi connectivity index (χ1v) is 13.3. The molecule has 9 nitrogen and oxygen atoms in total. The lowest BCUT2D eigenvalue weighted by molar-refractivity contribution is -0.136. The van der Waals surface area contributed by atoms with Crippen LogP contribution in [0.2, 0.25) is 0 Å². The zero-order valence-electron chi connectivity index (χ0n) is 18.1. The van der Waals surface area contributed by atoms with E-state index in [1.54, 1.807) is 47.9 Å². The molecule has 2 amide bonds. The number of thioether (sulfide) groups is 1. The quantitative estimate of drug-likeness (QED) is 0.565. The second-order valence-electron chi connectivity index (χ2n) is 7.68. The van der Waals surface area contributed by atoms with E-state index in [2.05, 4.69) is 15.2 Å². The average Bonchev–Trinajstić information content (AvgIpc) is 3.21. The number of rotatable bonds is 9. The first kappa shape index (κ1) is 24.3. The van der Waals surface area contributed by atoms with Gasteiger partial charge in [0.2, 0.25) is 21.8 Å². The second kappa shape index (κ2) is 11.0. The topological polar surface area (TPSA) is 122 Å². The number of likely N-dealkylation sites (tertiary alicyclic amines) is 1. The van der Waals surface area contributed by atoms with Crippen LogP contribution in [0.5, 0.6) is 0 Å². The van der Waals surface area contributed by atoms with Crippen molar-refractivity contribution in [3.8, 4) is 0 Å². The third-order valence-electron chi connectivity index (χ3n) is 5.32. The predicted molar refractivity (Wildman–Crippen MR) is 123 cm³/mol. The molecule has 1 aromatic heterocycles. The van der Waals surface area contributed by atoms with Crippen LogP contribution in [0.25, 0.3) is 0 Å². The van der Waals surface area contributed by atoms with Crippen molar-refractivity contribution in [1.82, 2.24) is 14.8 Å². The number of anilines is 1. The van der Waals surface area contributed by atoms with Crippen molar-refractivity contribution in [2.45, 2.75) is 37.1 Å². The Balaban J connectivity index is 1.60. The number of sulfonamides is 1. The van der Waals surface area contributed by atoms with Crippen molar-refractivity contribution in [3.63, 3.8) is 0 Å². The van der Waals surface area contributed by atoms with Crippen LogP contribution in [-0.4, -0.2) is 61.4 Å². The number of piperidine rings is 1. The van der Waals surface area contributed by atoms with Crippen LogP contribution in [0, 0.1) is 12.8 Å². The number of nitrogens with zero attached hydrogens (tertiary/aromatic N) is 2. The van der Waals surface area contributed by atoms with Crippen LogP contribution in [0.3, 0.4) is 0 Å². The van der Waals surface area contributed by atoms with Crippen molar-refractivity contribution >= 4 is 39.4 Å². The molecule has 1 aliphatic heterocycles. The highest BCUT2D eigenvalue weighted by atomic mass is 32.2. The van der Waals surface area contributed by atoms with Gasteiger partial charge < -0.3 is 14.7 Å². The standard InChI is InChI=1S/C21H28N4O5S2/c1-15-14-19(23-30-15)22-20(26)16-8-11-25(12-9-16)21(27)18(10-13-31-2)24-32(28,29)17-6-4-3-5-7-17/h3-7,14,16,18,24H,8-13H2,1-2H3,(H,22,23,26). The first-order chi connectivity index (χ1) is 15.3. The SMILES string of the molecule is CSCCC(NS(=O)(=O)c1ccccc1)C(=O)N1CCC(C(=O)Nc2cc(C)on2)CC1. The van der Waals surface area contributed by atoms with Crippen LogP contribution >= 0.6 is 11.8 Å². The average molecular weight is 481 g/mol. The molecule has 0 aliphatic carbocycles. The molecule has 1 unspecified atom stereocenters. The van der Waals surface area contributed by atoms with Crippen LogP contribution in [0.4, 0.5) is 5.82 Å². The van der Waals surface area contributed by atoms with E-state index in [1.807, 2.05) is 6.26 Å². The number of aryl methyl sites for hydroxylation is 1. The van der Waals surface area contributed by atoms with Crippen molar-refractivity contribution in [3.05, 3.63) is 42.2 Å². The van der Waals surface area contributed by atoms with Crippen LogP contribution < -0.4 is 10.0 Å². The van der Waals surface area contributed by atoms with Crippen LogP contribution in [-0.2, 0) is 19.6 Å². The number of nitrogens with one attached hydrogen (secondary N) is 2. The maximum absolute atomic E-state index is 13.2. The van der Waals surface area contributed by atoms with Gasteiger partial charge in [-0.25, -0.2) is 8.42 Å². The van der Waals surface area contributed by atoms with E-state index >= 15 is 0 Å². The normalized spacial score (nSPS) is 16.0. The molecule has 174 valence electrons. The molecule has 1 atom stereocenters. The Bertz CT molecular complexity index is 1020. The van der Waals surface area contributed by atoms with Gasteiger partial charge in [-0.15, -0.1) is 0 Å². The molecular formula is C21H28N4O5S2. The number of amides is 2. The van der Waals surface area contributed by atoms with E-state index in [9.17, 15) is 18.0 Å². The van der Waals surface area contributed by atoms with Gasteiger partial charge in [0.05, 0.1) is 4.90 Å². The highest BCUT2D eigenvalue weighted by Gasteiger charge is 2.33. The monoisotopic (exact) mass is 480 g/mol. The fraction of sp³-hybridized carbons (Fsp3) is 0.476. The summed E-state index contributed by atoms with van der Waals surface area (Å²) < 4.78 is 33.0. The summed E-state index contributed by atoms with van der Waals surface area (Å²) in [6.45, 7) is 2.52. The minimum absolute atomic E-state index is 0.125. The van der Waals surface area contributed by atoms with Gasteiger partial charge in [-0.1, -0.05) is 23.4 Å². The molecule has 0 radical (unpaired) electrons. The van der Waals surface area contributed by atoms with Gasteiger partial charge in [0.1, 0.15) is 11.8 Å². The smallest absolute Gasteiger partial charge is 0.241 e. The van der Waals surface area contributed by atoms with Gasteiger partial charge in [0, 0.05) is 25.1 Å². The van der Waals surface area contributed by atoms with Gasteiger partial charge >= 0.3 is 0 Å². The fourth-order valence-electron chi connectivity index (χ4n) is 3.56. The molecule has 1 aromatic carbocycles. The molecule has 2 heterocycles. The first-order valence-electron chi connectivity index (χ1n) is 10.4. The van der Waals surface area contributed by atoms with Crippen molar-refractivity contribution in [2.24, 2.45) is 5.92 Å². The van der Waals surface area contributed by atoms with Gasteiger partial charge in [0.25, 0.3) is 0 Å². The predicted octanol–water partition coefficient (Wildman–Crippen LogP) is 2.26. The number of benzene rings is 1. The Labute approximate surface area is 192 Å². The molecule has 3 rings (SSSR count). The highest BCUT2D eigenvalue weighted by molar-refractivity contribution is 7.98. The minimum Gasteiger partial charge on any atom is -0.360 e. The summed E-state index contributed by atoms with van der Waals surface area (Å²) in [5.74, 6) is 0.956. The summed E-state index contributed by atoms with van der Waals surface area (Å²) in [6.07, 6.45) is 3.29. The Kier molecular flexibility index (Phi) is 8.32. The zero-order chi connectivity index (χ0) is 23.1. The van der Waals surface area contributed by atoms with E-state index in [-0.39, 0.29) is 22.6 Å². The number of aromatic nitrogens is 1. The highest BCUT2D eigenvalue weighted by Crippen LogP contribution is 2.21. The molecule has 11 heteroatoms. The molecule has 0 bridgehead atoms. The largest absolute Gasteiger partial charge is 0.360 e. The number of hydrogen-bond donors (Lipinski definition) is 2. The van der Waals surface area contributed by atoms with Crippen molar-refractivity contribution < 1.29 is 22.5 Å². The molecule has 2 aromatic rings. The summed E-state index contributed by atoms with van der Waals surface area (Å²) in [7, 11) is -3.82. The molecule has 0 spiro atoms. The zero-order valence-corrected chi connectivity index (χ0v) is 19.7. The minimum atomic E-state index is -3.82. The Morgan fingerprint density at radius 1 is 1.25 bits per heavy atom. The third-order valence-corrected chi connectivity index (χ3v) is 7.45. The molecule has 1 fully saturated rings. The van der Waals surface area contributed by atoms with Gasteiger partial charge in [0.15, 0.2) is 5.82 Å². The van der Waals surface area contributed by atoms with Crippen molar-refractivity contribution in [2.75, 3.05) is 30.4 Å². The van der Waals surface area contributed by atoms with Crippen LogP contribution in [0.1, 0.15) is 25.0 Å². The van der Waals surface area contributed by atoms with E-state index in [4.69, 9.17) is 4.52 Å². The molecule has 2 N–H and O–H groups in total.